The molecule has 1 heterocycles. The highest BCUT2D eigenvalue weighted by Gasteiger charge is 2.06. The fraction of sp³-hybridized carbons (Fsp3) is 0.455. The lowest BCUT2D eigenvalue weighted by Gasteiger charge is -2.08. The van der Waals surface area contributed by atoms with E-state index >= 15 is 0 Å². The van der Waals surface area contributed by atoms with Crippen molar-refractivity contribution in [3.8, 4) is 0 Å². The van der Waals surface area contributed by atoms with E-state index in [0.717, 1.165) is 0 Å². The number of aromatic nitrogens is 2. The highest BCUT2D eigenvalue weighted by atomic mass is 16.4. The average Bonchev–Trinajstić information content (AvgIpc) is 2.34. The van der Waals surface area contributed by atoms with Crippen LogP contribution in [0.2, 0.25) is 0 Å². The summed E-state index contributed by atoms with van der Waals surface area (Å²) in [4.78, 5) is 29.4. The summed E-state index contributed by atoms with van der Waals surface area (Å²) in [5, 5.41) is 14.3. The number of rotatable bonds is 6. The van der Waals surface area contributed by atoms with E-state index in [1.807, 2.05) is 13.8 Å². The molecule has 0 spiro atoms. The Labute approximate surface area is 105 Å². The Morgan fingerprint density at radius 3 is 2.50 bits per heavy atom. The van der Waals surface area contributed by atoms with Gasteiger partial charge in [0.1, 0.15) is 5.82 Å². The third-order valence-electron chi connectivity index (χ3n) is 2.13. The van der Waals surface area contributed by atoms with Crippen molar-refractivity contribution in [1.29, 1.82) is 0 Å². The fourth-order valence-corrected chi connectivity index (χ4v) is 1.11. The molecule has 0 saturated heterocycles. The Morgan fingerprint density at radius 1 is 1.28 bits per heavy atom. The number of amides is 1. The molecule has 1 aromatic rings. The first-order chi connectivity index (χ1) is 8.50. The molecule has 0 unspecified atom stereocenters. The van der Waals surface area contributed by atoms with E-state index < -0.39 is 5.97 Å². The van der Waals surface area contributed by atoms with Crippen LogP contribution in [0.1, 0.15) is 24.3 Å². The lowest BCUT2D eigenvalue weighted by atomic mass is 10.2. The normalized spacial score (nSPS) is 10.2. The number of hydrogen-bond acceptors (Lipinski definition) is 5. The lowest BCUT2D eigenvalue weighted by molar-refractivity contribution is -0.123. The van der Waals surface area contributed by atoms with Gasteiger partial charge in [-0.05, 0) is 0 Å². The third-order valence-corrected chi connectivity index (χ3v) is 2.13. The second-order valence-electron chi connectivity index (χ2n) is 3.96. The van der Waals surface area contributed by atoms with Gasteiger partial charge in [0, 0.05) is 19.0 Å². The molecule has 0 bridgehead atoms. The maximum Gasteiger partial charge on any atom is 0.356 e. The first-order valence-electron chi connectivity index (χ1n) is 5.57. The van der Waals surface area contributed by atoms with Gasteiger partial charge < -0.3 is 15.7 Å². The van der Waals surface area contributed by atoms with E-state index in [2.05, 4.69) is 20.6 Å². The number of carbonyl (C=O) groups is 2. The molecule has 0 aromatic carbocycles. The van der Waals surface area contributed by atoms with Crippen molar-refractivity contribution in [1.82, 2.24) is 15.3 Å². The fourth-order valence-electron chi connectivity index (χ4n) is 1.11. The number of nitrogens with one attached hydrogen (secondary N) is 2. The quantitative estimate of drug-likeness (QED) is 0.631. The minimum absolute atomic E-state index is 0.0101. The predicted molar refractivity (Wildman–Crippen MR) is 65.3 cm³/mol. The molecule has 0 saturated carbocycles. The van der Waals surface area contributed by atoms with E-state index in [4.69, 9.17) is 5.11 Å². The predicted octanol–water partition coefficient (Wildman–Crippen LogP) is 0.359. The Kier molecular flexibility index (Phi) is 5.04. The van der Waals surface area contributed by atoms with Gasteiger partial charge in [0.05, 0.1) is 12.4 Å². The van der Waals surface area contributed by atoms with Gasteiger partial charge in [-0.1, -0.05) is 13.8 Å². The van der Waals surface area contributed by atoms with Crippen LogP contribution in [0, 0.1) is 5.92 Å². The molecule has 0 aliphatic carbocycles. The molecular formula is C11H16N4O3. The third kappa shape index (κ3) is 4.36. The standard InChI is InChI=1S/C11H16N4O3/c1-7(2)10(16)13-4-3-12-9-6-14-8(5-15-9)11(17)18/h5-7H,3-4H2,1-2H3,(H,12,15)(H,13,16)(H,17,18). The van der Waals surface area contributed by atoms with E-state index in [1.54, 1.807) is 0 Å². The molecule has 1 amide bonds. The van der Waals surface area contributed by atoms with Crippen LogP contribution in [0.15, 0.2) is 12.4 Å². The molecule has 1 rings (SSSR count). The SMILES string of the molecule is CC(C)C(=O)NCCNc1cnc(C(=O)O)cn1. The van der Waals surface area contributed by atoms with Crippen molar-refractivity contribution in [2.45, 2.75) is 13.8 Å². The summed E-state index contributed by atoms with van der Waals surface area (Å²) in [6.07, 6.45) is 2.52. The number of anilines is 1. The Morgan fingerprint density at radius 2 is 2.00 bits per heavy atom. The van der Waals surface area contributed by atoms with Gasteiger partial charge in [0.25, 0.3) is 0 Å². The van der Waals surface area contributed by atoms with Crippen molar-refractivity contribution in [2.75, 3.05) is 18.4 Å². The first-order valence-corrected chi connectivity index (χ1v) is 5.57. The van der Waals surface area contributed by atoms with Crippen LogP contribution in [-0.4, -0.2) is 40.0 Å². The second-order valence-corrected chi connectivity index (χ2v) is 3.96. The van der Waals surface area contributed by atoms with Crippen LogP contribution >= 0.6 is 0 Å². The number of carbonyl (C=O) groups excluding carboxylic acids is 1. The van der Waals surface area contributed by atoms with Crippen molar-refractivity contribution in [2.24, 2.45) is 5.92 Å². The molecule has 1 aromatic heterocycles. The van der Waals surface area contributed by atoms with Crippen LogP contribution < -0.4 is 10.6 Å². The van der Waals surface area contributed by atoms with E-state index in [0.29, 0.717) is 18.9 Å². The molecular weight excluding hydrogens is 236 g/mol. The first kappa shape index (κ1) is 13.9. The zero-order valence-electron chi connectivity index (χ0n) is 10.3. The van der Waals surface area contributed by atoms with Crippen LogP contribution in [0.5, 0.6) is 0 Å². The lowest BCUT2D eigenvalue weighted by Crippen LogP contribution is -2.32. The van der Waals surface area contributed by atoms with Crippen LogP contribution in [-0.2, 0) is 4.79 Å². The van der Waals surface area contributed by atoms with Crippen LogP contribution in [0.3, 0.4) is 0 Å². The summed E-state index contributed by atoms with van der Waals surface area (Å²) in [7, 11) is 0. The Balaban J connectivity index is 2.31. The number of carboxylic acids is 1. The Hall–Kier alpha value is -2.18. The number of hydrogen-bond donors (Lipinski definition) is 3. The molecule has 7 nitrogen and oxygen atoms in total. The summed E-state index contributed by atoms with van der Waals surface area (Å²) in [5.74, 6) is -0.694. The molecule has 0 fully saturated rings. The van der Waals surface area contributed by atoms with Crippen LogP contribution in [0.4, 0.5) is 5.82 Å². The topological polar surface area (TPSA) is 104 Å². The van der Waals surface area contributed by atoms with Gasteiger partial charge in [0.15, 0.2) is 5.69 Å². The molecule has 0 aliphatic rings. The number of aromatic carboxylic acids is 1. The monoisotopic (exact) mass is 252 g/mol. The van der Waals surface area contributed by atoms with Crippen molar-refractivity contribution in [3.63, 3.8) is 0 Å². The molecule has 7 heteroatoms. The van der Waals surface area contributed by atoms with Gasteiger partial charge in [-0.3, -0.25) is 4.79 Å². The number of carboxylic acid groups (broad SMARTS) is 1. The smallest absolute Gasteiger partial charge is 0.356 e. The highest BCUT2D eigenvalue weighted by molar-refractivity contribution is 5.84. The summed E-state index contributed by atoms with van der Waals surface area (Å²) >= 11 is 0. The van der Waals surface area contributed by atoms with Crippen molar-refractivity contribution >= 4 is 17.7 Å². The molecule has 0 atom stereocenters. The van der Waals surface area contributed by atoms with Gasteiger partial charge in [0.2, 0.25) is 5.91 Å². The largest absolute Gasteiger partial charge is 0.476 e. The van der Waals surface area contributed by atoms with E-state index in [-0.39, 0.29) is 17.5 Å². The van der Waals surface area contributed by atoms with E-state index in [1.165, 1.54) is 12.4 Å². The van der Waals surface area contributed by atoms with Gasteiger partial charge in [-0.25, -0.2) is 14.8 Å². The summed E-state index contributed by atoms with van der Waals surface area (Å²) < 4.78 is 0. The van der Waals surface area contributed by atoms with Gasteiger partial charge >= 0.3 is 5.97 Å². The average molecular weight is 252 g/mol. The van der Waals surface area contributed by atoms with Crippen molar-refractivity contribution in [3.05, 3.63) is 18.1 Å². The zero-order chi connectivity index (χ0) is 13.5. The van der Waals surface area contributed by atoms with Gasteiger partial charge in [-0.2, -0.15) is 0 Å². The van der Waals surface area contributed by atoms with Crippen molar-refractivity contribution < 1.29 is 14.7 Å². The summed E-state index contributed by atoms with van der Waals surface area (Å²) in [6, 6.07) is 0. The van der Waals surface area contributed by atoms with E-state index in [9.17, 15) is 9.59 Å². The second kappa shape index (κ2) is 6.53. The van der Waals surface area contributed by atoms with Gasteiger partial charge in [-0.15, -0.1) is 0 Å². The molecule has 0 aliphatic heterocycles. The summed E-state index contributed by atoms with van der Waals surface area (Å²) in [6.45, 7) is 4.61. The van der Waals surface area contributed by atoms with Crippen LogP contribution in [0.25, 0.3) is 0 Å². The molecule has 0 radical (unpaired) electrons. The maximum absolute atomic E-state index is 11.2. The highest BCUT2D eigenvalue weighted by Crippen LogP contribution is 2.00. The molecule has 98 valence electrons. The zero-order valence-corrected chi connectivity index (χ0v) is 10.3. The Bertz CT molecular complexity index is 417. The molecule has 3 N–H and O–H groups in total. The summed E-state index contributed by atoms with van der Waals surface area (Å²) in [5.41, 5.74) is -0.103. The maximum atomic E-state index is 11.2. The number of nitrogens with zero attached hydrogens (tertiary/aromatic N) is 2. The molecule has 18 heavy (non-hydrogen) atoms. The minimum atomic E-state index is -1.11. The minimum Gasteiger partial charge on any atom is -0.476 e.